The van der Waals surface area contributed by atoms with Gasteiger partial charge in [0.15, 0.2) is 0 Å². The van der Waals surface area contributed by atoms with E-state index in [4.69, 9.17) is 0 Å². The molecule has 0 unspecified atom stereocenters. The van der Waals surface area contributed by atoms with Gasteiger partial charge in [0.05, 0.1) is 11.1 Å². The number of phenolic OH excluding ortho intramolecular Hbond substituents is 1. The van der Waals surface area contributed by atoms with Crippen LogP contribution in [0.3, 0.4) is 0 Å². The first-order chi connectivity index (χ1) is 6.65. The summed E-state index contributed by atoms with van der Waals surface area (Å²) < 4.78 is 0. The van der Waals surface area contributed by atoms with Crippen LogP contribution in [0.2, 0.25) is 0 Å². The zero-order valence-electron chi connectivity index (χ0n) is 7.92. The predicted molar refractivity (Wildman–Crippen MR) is 52.4 cm³/mol. The predicted octanol–water partition coefficient (Wildman–Crippen LogP) is 1.68. The number of amides is 1. The summed E-state index contributed by atoms with van der Waals surface area (Å²) in [5.41, 5.74) is 2.45. The van der Waals surface area contributed by atoms with Gasteiger partial charge in [-0.1, -0.05) is 6.07 Å². The second-order valence-corrected chi connectivity index (χ2v) is 4.19. The van der Waals surface area contributed by atoms with Crippen LogP contribution in [-0.4, -0.2) is 11.0 Å². The number of benzene rings is 1. The number of rotatable bonds is 0. The highest BCUT2D eigenvalue weighted by Crippen LogP contribution is 2.57. The van der Waals surface area contributed by atoms with Crippen LogP contribution in [0.4, 0.5) is 5.69 Å². The van der Waals surface area contributed by atoms with Gasteiger partial charge in [0.2, 0.25) is 5.91 Å². The van der Waals surface area contributed by atoms with Gasteiger partial charge in [-0.05, 0) is 37.0 Å². The quantitative estimate of drug-likeness (QED) is 0.610. The first-order valence-corrected chi connectivity index (χ1v) is 4.80. The second kappa shape index (κ2) is 2.11. The van der Waals surface area contributed by atoms with Crippen molar-refractivity contribution >= 4 is 11.6 Å². The lowest BCUT2D eigenvalue weighted by Gasteiger charge is -2.08. The molecular formula is C11H11NO2. The Kier molecular flexibility index (Phi) is 1.18. The topological polar surface area (TPSA) is 49.3 Å². The third-order valence-electron chi connectivity index (χ3n) is 3.29. The summed E-state index contributed by atoms with van der Waals surface area (Å²) in [6.45, 7) is 1.98. The van der Waals surface area contributed by atoms with Crippen LogP contribution >= 0.6 is 0 Å². The van der Waals surface area contributed by atoms with E-state index in [2.05, 4.69) is 5.32 Å². The molecule has 0 saturated heterocycles. The minimum Gasteiger partial charge on any atom is -0.506 e. The van der Waals surface area contributed by atoms with Crippen LogP contribution in [0.1, 0.15) is 24.0 Å². The molecule has 1 aliphatic heterocycles. The molecule has 1 saturated carbocycles. The van der Waals surface area contributed by atoms with E-state index in [1.165, 1.54) is 0 Å². The fraction of sp³-hybridized carbons (Fsp3) is 0.364. The zero-order valence-corrected chi connectivity index (χ0v) is 7.92. The molecule has 1 amide bonds. The van der Waals surface area contributed by atoms with Gasteiger partial charge in [-0.25, -0.2) is 0 Å². The lowest BCUT2D eigenvalue weighted by Crippen LogP contribution is -2.18. The van der Waals surface area contributed by atoms with Crippen molar-refractivity contribution in [2.24, 2.45) is 0 Å². The molecule has 1 aliphatic carbocycles. The van der Waals surface area contributed by atoms with Crippen LogP contribution in [0, 0.1) is 6.92 Å². The number of nitrogens with one attached hydrogen (secondary N) is 1. The molecule has 3 heteroatoms. The lowest BCUT2D eigenvalue weighted by molar-refractivity contribution is -0.117. The van der Waals surface area contributed by atoms with Crippen molar-refractivity contribution in [3.8, 4) is 5.75 Å². The van der Waals surface area contributed by atoms with E-state index in [0.29, 0.717) is 5.69 Å². The molecular weight excluding hydrogens is 178 g/mol. The maximum absolute atomic E-state index is 11.7. The summed E-state index contributed by atoms with van der Waals surface area (Å²) >= 11 is 0. The van der Waals surface area contributed by atoms with E-state index < -0.39 is 0 Å². The Hall–Kier alpha value is -1.51. The Morgan fingerprint density at radius 1 is 1.43 bits per heavy atom. The molecule has 3 nitrogen and oxygen atoms in total. The van der Waals surface area contributed by atoms with Gasteiger partial charge in [-0.2, -0.15) is 0 Å². The number of aryl methyl sites for hydroxylation is 1. The highest BCUT2D eigenvalue weighted by atomic mass is 16.3. The van der Waals surface area contributed by atoms with Crippen LogP contribution in [0.25, 0.3) is 0 Å². The molecule has 1 aromatic rings. The van der Waals surface area contributed by atoms with Gasteiger partial charge in [-0.15, -0.1) is 0 Å². The molecule has 14 heavy (non-hydrogen) atoms. The van der Waals surface area contributed by atoms with Crippen LogP contribution < -0.4 is 5.32 Å². The molecule has 1 spiro atoms. The molecule has 1 heterocycles. The Balaban J connectivity index is 2.32. The summed E-state index contributed by atoms with van der Waals surface area (Å²) in [6.07, 6.45) is 1.83. The number of phenols is 1. The van der Waals surface area contributed by atoms with Crippen molar-refractivity contribution in [3.63, 3.8) is 0 Å². The second-order valence-electron chi connectivity index (χ2n) is 4.19. The summed E-state index contributed by atoms with van der Waals surface area (Å²) in [4.78, 5) is 11.7. The van der Waals surface area contributed by atoms with Crippen molar-refractivity contribution in [1.82, 2.24) is 0 Å². The smallest absolute Gasteiger partial charge is 0.235 e. The Bertz CT molecular complexity index is 447. The first-order valence-electron chi connectivity index (χ1n) is 4.80. The van der Waals surface area contributed by atoms with Crippen molar-refractivity contribution in [3.05, 3.63) is 23.3 Å². The third-order valence-corrected chi connectivity index (χ3v) is 3.29. The largest absolute Gasteiger partial charge is 0.506 e. The maximum atomic E-state index is 11.7. The van der Waals surface area contributed by atoms with Gasteiger partial charge in [0, 0.05) is 0 Å². The highest BCUT2D eigenvalue weighted by molar-refractivity contribution is 6.10. The fourth-order valence-corrected chi connectivity index (χ4v) is 2.39. The number of hydrogen-bond acceptors (Lipinski definition) is 2. The van der Waals surface area contributed by atoms with E-state index in [9.17, 15) is 9.90 Å². The molecule has 72 valence electrons. The number of carbonyl (C=O) groups excluding carboxylic acids is 1. The molecule has 0 aromatic heterocycles. The summed E-state index contributed by atoms with van der Waals surface area (Å²) in [5, 5.41) is 12.4. The molecule has 3 rings (SSSR count). The normalized spacial score (nSPS) is 20.8. The minimum atomic E-state index is -0.293. The average Bonchev–Trinajstić information content (AvgIpc) is 2.86. The third kappa shape index (κ3) is 0.710. The van der Waals surface area contributed by atoms with Gasteiger partial charge < -0.3 is 10.4 Å². The van der Waals surface area contributed by atoms with Crippen LogP contribution in [0.15, 0.2) is 12.1 Å². The molecule has 1 fully saturated rings. The van der Waals surface area contributed by atoms with Crippen molar-refractivity contribution < 1.29 is 9.90 Å². The summed E-state index contributed by atoms with van der Waals surface area (Å²) in [6, 6.07) is 3.50. The van der Waals surface area contributed by atoms with Crippen molar-refractivity contribution in [1.29, 1.82) is 0 Å². The zero-order chi connectivity index (χ0) is 9.92. The number of fused-ring (bicyclic) bond motifs is 2. The van der Waals surface area contributed by atoms with Crippen LogP contribution in [-0.2, 0) is 10.2 Å². The number of aromatic hydroxyl groups is 1. The van der Waals surface area contributed by atoms with Gasteiger partial charge in [0.25, 0.3) is 0 Å². The van der Waals surface area contributed by atoms with Gasteiger partial charge in [0.1, 0.15) is 5.75 Å². The molecule has 0 bridgehead atoms. The number of carbonyl (C=O) groups is 1. The monoisotopic (exact) mass is 189 g/mol. The van der Waals surface area contributed by atoms with Crippen molar-refractivity contribution in [2.75, 3.05) is 5.32 Å². The van der Waals surface area contributed by atoms with E-state index in [1.54, 1.807) is 6.07 Å². The van der Waals surface area contributed by atoms with E-state index >= 15 is 0 Å². The van der Waals surface area contributed by atoms with E-state index in [-0.39, 0.29) is 17.1 Å². The standard InChI is InChI=1S/C11H11NO2/c1-6-2-3-7(13)9-8(6)11(4-5-11)10(14)12-9/h2-3,13H,4-5H2,1H3,(H,12,14). The summed E-state index contributed by atoms with van der Waals surface area (Å²) in [7, 11) is 0. The van der Waals surface area contributed by atoms with E-state index in [0.717, 1.165) is 24.0 Å². The SMILES string of the molecule is Cc1ccc(O)c2c1C1(CC1)C(=O)N2. The van der Waals surface area contributed by atoms with E-state index in [1.807, 2.05) is 13.0 Å². The Labute approximate surface area is 81.8 Å². The lowest BCUT2D eigenvalue weighted by atomic mass is 9.93. The summed E-state index contributed by atoms with van der Waals surface area (Å²) in [5.74, 6) is 0.236. The average molecular weight is 189 g/mol. The van der Waals surface area contributed by atoms with Crippen LogP contribution in [0.5, 0.6) is 5.75 Å². The minimum absolute atomic E-state index is 0.0529. The highest BCUT2D eigenvalue weighted by Gasteiger charge is 2.57. The fourth-order valence-electron chi connectivity index (χ4n) is 2.39. The first kappa shape index (κ1) is 7.85. The Morgan fingerprint density at radius 2 is 2.14 bits per heavy atom. The Morgan fingerprint density at radius 3 is 2.79 bits per heavy atom. The molecule has 2 aliphatic rings. The molecule has 0 atom stereocenters. The number of hydrogen-bond donors (Lipinski definition) is 2. The molecule has 2 N–H and O–H groups in total. The molecule has 1 aromatic carbocycles. The molecule has 0 radical (unpaired) electrons. The van der Waals surface area contributed by atoms with Crippen molar-refractivity contribution in [2.45, 2.75) is 25.2 Å². The van der Waals surface area contributed by atoms with Gasteiger partial charge >= 0.3 is 0 Å². The van der Waals surface area contributed by atoms with Gasteiger partial charge in [-0.3, -0.25) is 4.79 Å². The number of anilines is 1. The maximum Gasteiger partial charge on any atom is 0.235 e.